The molecule has 0 fully saturated rings. The summed E-state index contributed by atoms with van der Waals surface area (Å²) < 4.78 is 49.8. The maximum atomic E-state index is 14.4. The lowest BCUT2D eigenvalue weighted by atomic mass is 9.96. The highest BCUT2D eigenvalue weighted by molar-refractivity contribution is 7.89. The van der Waals surface area contributed by atoms with E-state index < -0.39 is 28.0 Å². The second kappa shape index (κ2) is 12.0. The molecule has 1 aliphatic heterocycles. The second-order valence-electron chi connectivity index (χ2n) is 11.0. The molecule has 4 aromatic rings. The first-order valence-corrected chi connectivity index (χ1v) is 15.4. The third-order valence-electron chi connectivity index (χ3n) is 8.18. The number of halogens is 1. The largest absolute Gasteiger partial charge is 0.394 e. The zero-order chi connectivity index (χ0) is 30.2. The van der Waals surface area contributed by atoms with Gasteiger partial charge in [-0.05, 0) is 48.4 Å². The number of hydrogen-bond donors (Lipinski definition) is 1. The van der Waals surface area contributed by atoms with Crippen molar-refractivity contribution in [2.45, 2.75) is 37.5 Å². The van der Waals surface area contributed by atoms with Gasteiger partial charge in [0.05, 0.1) is 30.3 Å². The van der Waals surface area contributed by atoms with E-state index in [0.29, 0.717) is 5.69 Å². The number of ether oxygens (including phenoxy) is 1. The first-order valence-electron chi connectivity index (χ1n) is 14.0. The van der Waals surface area contributed by atoms with Gasteiger partial charge in [0.1, 0.15) is 11.5 Å². The van der Waals surface area contributed by atoms with Gasteiger partial charge < -0.3 is 19.3 Å². The van der Waals surface area contributed by atoms with E-state index in [1.807, 2.05) is 67.1 Å². The van der Waals surface area contributed by atoms with Crippen LogP contribution < -0.4 is 0 Å². The van der Waals surface area contributed by atoms with Crippen molar-refractivity contribution in [2.24, 2.45) is 13.0 Å². The van der Waals surface area contributed by atoms with Gasteiger partial charge in [-0.3, -0.25) is 4.79 Å². The summed E-state index contributed by atoms with van der Waals surface area (Å²) in [6, 6.07) is 19.8. The molecule has 3 atom stereocenters. The fourth-order valence-electron chi connectivity index (χ4n) is 5.66. The number of aromatic nitrogens is 1. The van der Waals surface area contributed by atoms with E-state index in [1.165, 1.54) is 23.5 Å². The van der Waals surface area contributed by atoms with Crippen LogP contribution in [0.3, 0.4) is 0 Å². The van der Waals surface area contributed by atoms with E-state index in [9.17, 15) is 22.7 Å². The molecule has 5 rings (SSSR count). The van der Waals surface area contributed by atoms with Gasteiger partial charge >= 0.3 is 0 Å². The van der Waals surface area contributed by atoms with Crippen LogP contribution in [0.15, 0.2) is 77.7 Å². The Morgan fingerprint density at radius 2 is 1.74 bits per heavy atom. The predicted molar refractivity (Wildman–Crippen MR) is 160 cm³/mol. The fraction of sp³-hybridized carbons (Fsp3) is 0.344. The monoisotopic (exact) mass is 593 g/mol. The Morgan fingerprint density at radius 3 is 2.45 bits per heavy atom. The molecule has 42 heavy (non-hydrogen) atoms. The average Bonchev–Trinajstić information content (AvgIpc) is 3.28. The van der Waals surface area contributed by atoms with Gasteiger partial charge in [-0.15, -0.1) is 0 Å². The molecular formula is C32H36FN3O5S. The number of sulfonamides is 1. The summed E-state index contributed by atoms with van der Waals surface area (Å²) in [5, 5.41) is 11.1. The van der Waals surface area contributed by atoms with Crippen LogP contribution in [0.5, 0.6) is 0 Å². The zero-order valence-corrected chi connectivity index (χ0v) is 25.0. The van der Waals surface area contributed by atoms with Crippen LogP contribution in [-0.2, 0) is 28.4 Å². The molecule has 1 N–H and O–H groups in total. The first-order chi connectivity index (χ1) is 20.0. The van der Waals surface area contributed by atoms with E-state index in [0.717, 1.165) is 39.7 Å². The molecule has 0 aliphatic carbocycles. The number of amides is 1. The number of fused-ring (bicyclic) bond motifs is 5. The molecule has 222 valence electrons. The van der Waals surface area contributed by atoms with Crippen molar-refractivity contribution < 1.29 is 27.4 Å². The molecule has 1 amide bonds. The van der Waals surface area contributed by atoms with Gasteiger partial charge in [-0.1, -0.05) is 49.4 Å². The van der Waals surface area contributed by atoms with Gasteiger partial charge in [-0.2, -0.15) is 4.31 Å². The molecule has 0 saturated carbocycles. The molecule has 0 spiro atoms. The van der Waals surface area contributed by atoms with Crippen molar-refractivity contribution in [3.63, 3.8) is 0 Å². The number of aliphatic hydroxyl groups excluding tert-OH is 1. The van der Waals surface area contributed by atoms with E-state index >= 15 is 0 Å². The minimum atomic E-state index is -3.93. The van der Waals surface area contributed by atoms with Crippen LogP contribution in [0.1, 0.15) is 29.9 Å². The molecule has 0 saturated heterocycles. The van der Waals surface area contributed by atoms with Gasteiger partial charge in [0.15, 0.2) is 0 Å². The van der Waals surface area contributed by atoms with Crippen molar-refractivity contribution in [3.8, 4) is 11.1 Å². The standard InChI is InChI=1S/C32H36FN3O5S/c1-21-17-36(22(2)19-37)32(38)31-30(27-11-7-8-12-28(27)35(31)4)26-10-6-5-9-23(26)20-41-29(21)18-34(3)42(39,40)25-15-13-24(33)14-16-25/h5-16,21-22,29,37H,17-20H2,1-4H3/t21-,22-,29-/m0/s1. The zero-order valence-electron chi connectivity index (χ0n) is 24.2. The van der Waals surface area contributed by atoms with E-state index in [2.05, 4.69) is 0 Å². The highest BCUT2D eigenvalue weighted by atomic mass is 32.2. The SMILES string of the molecule is C[C@H]1CN([C@@H](C)CO)C(=O)c2c(c3ccccc3n2C)-c2ccccc2CO[C@H]1CN(C)S(=O)(=O)c1ccc(F)cc1. The van der Waals surface area contributed by atoms with Crippen LogP contribution >= 0.6 is 0 Å². The van der Waals surface area contributed by atoms with Gasteiger partial charge in [0.2, 0.25) is 10.0 Å². The highest BCUT2D eigenvalue weighted by Crippen LogP contribution is 2.38. The Hall–Kier alpha value is -3.57. The smallest absolute Gasteiger partial charge is 0.271 e. The molecule has 1 aromatic heterocycles. The number of likely N-dealkylation sites (N-methyl/N-ethyl adjacent to an activating group) is 1. The average molecular weight is 594 g/mol. The summed E-state index contributed by atoms with van der Waals surface area (Å²) in [6.07, 6.45) is -0.600. The van der Waals surface area contributed by atoms with E-state index in [1.54, 1.807) is 11.8 Å². The third kappa shape index (κ3) is 5.47. The lowest BCUT2D eigenvalue weighted by Crippen LogP contribution is -2.48. The van der Waals surface area contributed by atoms with Crippen molar-refractivity contribution in [2.75, 3.05) is 26.7 Å². The number of nitrogens with zero attached hydrogens (tertiary/aromatic N) is 3. The minimum Gasteiger partial charge on any atom is -0.394 e. The second-order valence-corrected chi connectivity index (χ2v) is 13.1. The van der Waals surface area contributed by atoms with Gasteiger partial charge in [-0.25, -0.2) is 12.8 Å². The Kier molecular flexibility index (Phi) is 8.52. The van der Waals surface area contributed by atoms with Crippen LogP contribution in [0.2, 0.25) is 0 Å². The molecule has 10 heteroatoms. The minimum absolute atomic E-state index is 0.00839. The number of carbonyl (C=O) groups excluding carboxylic acids is 1. The Bertz CT molecular complexity index is 1700. The van der Waals surface area contributed by atoms with E-state index in [-0.39, 0.29) is 43.0 Å². The first kappa shape index (κ1) is 29.9. The lowest BCUT2D eigenvalue weighted by Gasteiger charge is -2.35. The Labute approximate surface area is 246 Å². The van der Waals surface area contributed by atoms with Crippen molar-refractivity contribution in [3.05, 3.63) is 89.9 Å². The van der Waals surface area contributed by atoms with Gasteiger partial charge in [0, 0.05) is 49.6 Å². The molecule has 1 aliphatic rings. The van der Waals surface area contributed by atoms with Crippen LogP contribution in [0.25, 0.3) is 22.0 Å². The number of aliphatic hydroxyl groups is 1. The summed E-state index contributed by atoms with van der Waals surface area (Å²) in [7, 11) is -0.587. The number of benzene rings is 3. The normalized spacial score (nSPS) is 18.9. The number of hydrogen-bond acceptors (Lipinski definition) is 5. The summed E-state index contributed by atoms with van der Waals surface area (Å²) in [5.41, 5.74) is 3.96. The van der Waals surface area contributed by atoms with Crippen LogP contribution in [-0.4, -0.2) is 72.1 Å². The van der Waals surface area contributed by atoms with Crippen molar-refractivity contribution in [1.29, 1.82) is 0 Å². The maximum Gasteiger partial charge on any atom is 0.271 e. The molecular weight excluding hydrogens is 557 g/mol. The molecule has 0 bridgehead atoms. The fourth-order valence-corrected chi connectivity index (χ4v) is 6.85. The Morgan fingerprint density at radius 1 is 1.07 bits per heavy atom. The number of para-hydroxylation sites is 1. The lowest BCUT2D eigenvalue weighted by molar-refractivity contribution is -0.0147. The number of carbonyl (C=O) groups is 1. The van der Waals surface area contributed by atoms with Crippen molar-refractivity contribution >= 4 is 26.8 Å². The molecule has 8 nitrogen and oxygen atoms in total. The van der Waals surface area contributed by atoms with E-state index in [4.69, 9.17) is 4.74 Å². The summed E-state index contributed by atoms with van der Waals surface area (Å²) >= 11 is 0. The molecule has 0 unspecified atom stereocenters. The highest BCUT2D eigenvalue weighted by Gasteiger charge is 2.34. The summed E-state index contributed by atoms with van der Waals surface area (Å²) in [5.74, 6) is -1.05. The van der Waals surface area contributed by atoms with Crippen LogP contribution in [0, 0.1) is 11.7 Å². The topological polar surface area (TPSA) is 92.1 Å². The number of rotatable bonds is 6. The summed E-state index contributed by atoms with van der Waals surface area (Å²) in [4.78, 5) is 16.1. The predicted octanol–water partition coefficient (Wildman–Crippen LogP) is 4.66. The maximum absolute atomic E-state index is 14.4. The van der Waals surface area contributed by atoms with Gasteiger partial charge in [0.25, 0.3) is 5.91 Å². The molecule has 3 aromatic carbocycles. The van der Waals surface area contributed by atoms with Crippen molar-refractivity contribution in [1.82, 2.24) is 13.8 Å². The third-order valence-corrected chi connectivity index (χ3v) is 10.0. The number of aryl methyl sites for hydroxylation is 1. The molecule has 0 radical (unpaired) electrons. The Balaban J connectivity index is 1.60. The quantitative estimate of drug-likeness (QED) is 0.351. The molecule has 2 heterocycles. The summed E-state index contributed by atoms with van der Waals surface area (Å²) in [6.45, 7) is 3.91. The van der Waals surface area contributed by atoms with Crippen LogP contribution in [0.4, 0.5) is 4.39 Å².